The summed E-state index contributed by atoms with van der Waals surface area (Å²) in [6.07, 6.45) is 2.48. The Morgan fingerprint density at radius 2 is 1.72 bits per heavy atom. The second-order valence-corrected chi connectivity index (χ2v) is 17.9. The number of hydrazine groups is 1. The first-order valence-electron chi connectivity index (χ1n) is 20.2. The van der Waals surface area contributed by atoms with Crippen molar-refractivity contribution in [2.75, 3.05) is 82.9 Å². The number of halogens is 2. The van der Waals surface area contributed by atoms with Crippen LogP contribution in [0.15, 0.2) is 95.5 Å². The molecule has 320 valence electrons. The van der Waals surface area contributed by atoms with E-state index in [1.165, 1.54) is 35.4 Å². The number of rotatable bonds is 12. The summed E-state index contributed by atoms with van der Waals surface area (Å²) in [6, 6.07) is 21.8. The van der Waals surface area contributed by atoms with E-state index < -0.39 is 27.6 Å². The number of amides is 1. The Morgan fingerprint density at radius 1 is 0.967 bits per heavy atom. The Hall–Kier alpha value is -5.36. The number of likely N-dealkylation sites (N-methyl/N-ethyl adjacent to an activating group) is 1. The number of anilines is 2. The second-order valence-electron chi connectivity index (χ2n) is 16.2. The first kappa shape index (κ1) is 42.3. The number of aromatic nitrogens is 1. The predicted octanol–water partition coefficient (Wildman–Crippen LogP) is 7.46. The third-order valence-corrected chi connectivity index (χ3v) is 12.7. The molecule has 5 aromatic rings. The van der Waals surface area contributed by atoms with Gasteiger partial charge in [0.2, 0.25) is 0 Å². The first-order chi connectivity index (χ1) is 29.3. The molecule has 61 heavy (non-hydrogen) atoms. The van der Waals surface area contributed by atoms with E-state index >= 15 is 4.39 Å². The van der Waals surface area contributed by atoms with Gasteiger partial charge in [0.1, 0.15) is 11.4 Å². The van der Waals surface area contributed by atoms with E-state index in [4.69, 9.17) is 21.1 Å². The number of fused-ring (bicyclic) bond motifs is 1. The standard InChI is InChI=1S/C44H48ClFN8O6S/c1-44(2)26-36(29-4-6-32(45)7-5-29)31(28-59-44)27-51-16-18-52(19-17-51)33-8-10-35(41(23-33)60-42-22-30-12-13-47-39(30)25-37(42)46)43(55)49-61(58)34-9-11-38(40(24-34)54(56)57)48-53-20-14-50(3)15-21-53/h4-13,22-25,47-48H,14-21,26-28H2,1-3H3,(H,49,55). The summed E-state index contributed by atoms with van der Waals surface area (Å²) in [5.41, 5.74) is 7.83. The molecule has 1 unspecified atom stereocenters. The number of hydrogen-bond acceptors (Lipinski definition) is 11. The van der Waals surface area contributed by atoms with E-state index in [-0.39, 0.29) is 38.9 Å². The Morgan fingerprint density at radius 3 is 2.46 bits per heavy atom. The lowest BCUT2D eigenvalue weighted by Crippen LogP contribution is -2.47. The van der Waals surface area contributed by atoms with Crippen LogP contribution in [0.2, 0.25) is 5.02 Å². The van der Waals surface area contributed by atoms with Crippen LogP contribution >= 0.6 is 11.6 Å². The molecule has 2 fully saturated rings. The van der Waals surface area contributed by atoms with Gasteiger partial charge in [-0.25, -0.2) is 13.6 Å². The molecule has 1 aromatic heterocycles. The van der Waals surface area contributed by atoms with Crippen LogP contribution in [0.5, 0.6) is 11.5 Å². The molecule has 2 saturated heterocycles. The van der Waals surface area contributed by atoms with Crippen LogP contribution < -0.4 is 19.8 Å². The van der Waals surface area contributed by atoms with E-state index in [0.717, 1.165) is 50.4 Å². The molecular formula is C44H48ClFN8O6S. The molecule has 0 saturated carbocycles. The fourth-order valence-electron chi connectivity index (χ4n) is 7.89. The van der Waals surface area contributed by atoms with Crippen LogP contribution in [0.3, 0.4) is 0 Å². The van der Waals surface area contributed by atoms with Gasteiger partial charge in [0.15, 0.2) is 22.6 Å². The monoisotopic (exact) mass is 870 g/mol. The Kier molecular flexibility index (Phi) is 12.4. The average molecular weight is 871 g/mol. The first-order valence-corrected chi connectivity index (χ1v) is 21.7. The van der Waals surface area contributed by atoms with Crippen LogP contribution in [0.1, 0.15) is 36.2 Å². The summed E-state index contributed by atoms with van der Waals surface area (Å²) in [7, 11) is -0.180. The quantitative estimate of drug-likeness (QED) is 0.0848. The van der Waals surface area contributed by atoms with Crippen molar-refractivity contribution in [1.29, 1.82) is 0 Å². The van der Waals surface area contributed by atoms with E-state index in [1.807, 2.05) is 24.2 Å². The second kappa shape index (κ2) is 17.9. The van der Waals surface area contributed by atoms with Crippen molar-refractivity contribution >= 4 is 62.0 Å². The van der Waals surface area contributed by atoms with Gasteiger partial charge in [-0.2, -0.15) is 0 Å². The van der Waals surface area contributed by atoms with Crippen molar-refractivity contribution in [3.05, 3.63) is 123 Å². The molecule has 1 atom stereocenters. The molecule has 0 radical (unpaired) electrons. The Bertz CT molecular complexity index is 2500. The summed E-state index contributed by atoms with van der Waals surface area (Å²) >= 11 is 6.21. The molecule has 3 aliphatic rings. The zero-order chi connectivity index (χ0) is 42.8. The molecule has 0 aliphatic carbocycles. The molecular weight excluding hydrogens is 823 g/mol. The number of carbonyl (C=O) groups excluding carboxylic acids is 1. The maximum absolute atomic E-state index is 15.4. The summed E-state index contributed by atoms with van der Waals surface area (Å²) in [5.74, 6) is -1.44. The van der Waals surface area contributed by atoms with E-state index in [0.29, 0.717) is 48.7 Å². The molecule has 4 aromatic carbocycles. The summed E-state index contributed by atoms with van der Waals surface area (Å²) in [5, 5.41) is 15.4. The smallest absolute Gasteiger partial charge is 0.294 e. The van der Waals surface area contributed by atoms with Crippen LogP contribution in [-0.4, -0.2) is 113 Å². The van der Waals surface area contributed by atoms with Gasteiger partial charge in [0.25, 0.3) is 11.6 Å². The number of piperazine rings is 2. The zero-order valence-electron chi connectivity index (χ0n) is 34.2. The number of H-pyrrole nitrogens is 1. The minimum absolute atomic E-state index is 0.00837. The number of benzene rings is 4. The van der Waals surface area contributed by atoms with Crippen LogP contribution in [-0.2, 0) is 15.7 Å². The number of nitrogens with one attached hydrogen (secondary N) is 3. The van der Waals surface area contributed by atoms with Gasteiger partial charge in [0, 0.05) is 111 Å². The molecule has 0 bridgehead atoms. The number of nitro groups is 1. The predicted molar refractivity (Wildman–Crippen MR) is 236 cm³/mol. The van der Waals surface area contributed by atoms with Crippen molar-refractivity contribution in [3.63, 3.8) is 0 Å². The van der Waals surface area contributed by atoms with Crippen molar-refractivity contribution < 1.29 is 27.8 Å². The van der Waals surface area contributed by atoms with Crippen molar-refractivity contribution in [1.82, 2.24) is 24.5 Å². The summed E-state index contributed by atoms with van der Waals surface area (Å²) in [6.45, 7) is 11.3. The number of nitro benzene ring substituents is 1. The number of nitrogens with zero attached hydrogens (tertiary/aromatic N) is 5. The fourth-order valence-corrected chi connectivity index (χ4v) is 8.82. The number of carbonyl (C=O) groups is 1. The summed E-state index contributed by atoms with van der Waals surface area (Å²) in [4.78, 5) is 35.2. The van der Waals surface area contributed by atoms with Gasteiger partial charge in [-0.3, -0.25) is 24.5 Å². The number of aromatic amines is 1. The summed E-state index contributed by atoms with van der Waals surface area (Å²) < 4.78 is 44.0. The number of ether oxygens (including phenoxy) is 2. The highest BCUT2D eigenvalue weighted by Gasteiger charge is 2.31. The van der Waals surface area contributed by atoms with Gasteiger partial charge in [-0.05, 0) is 86.1 Å². The van der Waals surface area contributed by atoms with Gasteiger partial charge in [-0.15, -0.1) is 0 Å². The third kappa shape index (κ3) is 9.90. The molecule has 1 amide bonds. The Labute approximate surface area is 360 Å². The minimum Gasteiger partial charge on any atom is -0.453 e. The van der Waals surface area contributed by atoms with Crippen molar-refractivity contribution in [2.24, 2.45) is 0 Å². The van der Waals surface area contributed by atoms with Gasteiger partial charge in [-0.1, -0.05) is 23.7 Å². The van der Waals surface area contributed by atoms with E-state index in [1.54, 1.807) is 36.5 Å². The molecule has 3 N–H and O–H groups in total. The largest absolute Gasteiger partial charge is 0.453 e. The number of hydrogen-bond donors (Lipinski definition) is 3. The Balaban J connectivity index is 1.01. The highest BCUT2D eigenvalue weighted by atomic mass is 35.5. The lowest BCUT2D eigenvalue weighted by atomic mass is 9.87. The van der Waals surface area contributed by atoms with E-state index in [9.17, 15) is 19.1 Å². The zero-order valence-corrected chi connectivity index (χ0v) is 35.8. The third-order valence-electron chi connectivity index (χ3n) is 11.4. The van der Waals surface area contributed by atoms with Gasteiger partial charge < -0.3 is 29.7 Å². The molecule has 17 heteroatoms. The van der Waals surface area contributed by atoms with Crippen LogP contribution in [0.4, 0.5) is 21.5 Å². The molecule has 14 nitrogen and oxygen atoms in total. The van der Waals surface area contributed by atoms with E-state index in [2.05, 4.69) is 55.8 Å². The van der Waals surface area contributed by atoms with Crippen LogP contribution in [0.25, 0.3) is 16.5 Å². The molecule has 8 rings (SSSR count). The normalized spacial score (nSPS) is 18.3. The lowest BCUT2D eigenvalue weighted by Gasteiger charge is -2.39. The minimum atomic E-state index is -2.19. The molecule has 3 aliphatic heterocycles. The molecule has 4 heterocycles. The maximum atomic E-state index is 15.4. The SMILES string of the molecule is CN1CCN(Nc2ccc(S(=O)NC(=O)c3ccc(N4CCN(CC5=C(c6ccc(Cl)cc6)CC(C)(C)OC5)CC4)cc3Oc3cc4cc[nH]c4cc3F)cc2[N+](=O)[O-])CC1. The van der Waals surface area contributed by atoms with Gasteiger partial charge in [0.05, 0.1) is 27.6 Å². The van der Waals surface area contributed by atoms with Crippen LogP contribution in [0, 0.1) is 15.9 Å². The maximum Gasteiger partial charge on any atom is 0.294 e. The highest BCUT2D eigenvalue weighted by Crippen LogP contribution is 2.37. The topological polar surface area (TPSA) is 149 Å². The van der Waals surface area contributed by atoms with Crippen molar-refractivity contribution in [3.8, 4) is 11.5 Å². The fraction of sp³-hybridized carbons (Fsp3) is 0.341. The van der Waals surface area contributed by atoms with Gasteiger partial charge >= 0.3 is 0 Å². The highest BCUT2D eigenvalue weighted by molar-refractivity contribution is 7.83. The van der Waals surface area contributed by atoms with Crippen molar-refractivity contribution in [2.45, 2.75) is 30.8 Å². The molecule has 0 spiro atoms. The average Bonchev–Trinajstić information content (AvgIpc) is 3.70. The lowest BCUT2D eigenvalue weighted by molar-refractivity contribution is -0.384.